The van der Waals surface area contributed by atoms with Gasteiger partial charge in [0.15, 0.2) is 8.32 Å². The summed E-state index contributed by atoms with van der Waals surface area (Å²) in [7, 11) is -0.673. The van der Waals surface area contributed by atoms with Crippen LogP contribution in [-0.2, 0) is 15.7 Å². The smallest absolute Gasteiger partial charge is 0.352 e. The first-order chi connectivity index (χ1) is 14.3. The highest BCUT2D eigenvalue weighted by atomic mass is 35.5. The first kappa shape index (κ1) is 25.0. The Morgan fingerprint density at radius 3 is 2.48 bits per heavy atom. The lowest BCUT2D eigenvalue weighted by atomic mass is 10.2. The lowest BCUT2D eigenvalue weighted by Crippen LogP contribution is -2.49. The van der Waals surface area contributed by atoms with Crippen molar-refractivity contribution >= 4 is 25.9 Å². The van der Waals surface area contributed by atoms with Gasteiger partial charge in [0.25, 0.3) is 5.56 Å². The largest absolute Gasteiger partial charge is 0.478 e. The van der Waals surface area contributed by atoms with Crippen LogP contribution in [0.1, 0.15) is 31.1 Å². The third-order valence-electron chi connectivity index (χ3n) is 5.39. The number of aromatic carboxylic acids is 1. The van der Waals surface area contributed by atoms with Crippen LogP contribution in [-0.4, -0.2) is 53.6 Å². The summed E-state index contributed by atoms with van der Waals surface area (Å²) in [5.41, 5.74) is -1.31. The minimum absolute atomic E-state index is 0.0279. The van der Waals surface area contributed by atoms with Crippen molar-refractivity contribution in [1.29, 1.82) is 0 Å². The SMILES string of the molecule is COC[C@@H](Cn1c(=O)cnn(-c2ccc(Cl)c(C(=O)O)c2)c1=O)O[Si](C)(C)C(C)(C)C. The van der Waals surface area contributed by atoms with Gasteiger partial charge in [-0.2, -0.15) is 9.78 Å². The molecule has 0 unspecified atom stereocenters. The van der Waals surface area contributed by atoms with Crippen LogP contribution in [0.3, 0.4) is 0 Å². The summed E-state index contributed by atoms with van der Waals surface area (Å²) in [6.45, 7) is 10.6. The number of hydrogen-bond acceptors (Lipinski definition) is 6. The number of hydrogen-bond donors (Lipinski definition) is 1. The molecule has 0 saturated carbocycles. The van der Waals surface area contributed by atoms with Crippen molar-refractivity contribution in [2.75, 3.05) is 13.7 Å². The molecule has 9 nitrogen and oxygen atoms in total. The lowest BCUT2D eigenvalue weighted by molar-refractivity contribution is 0.0591. The van der Waals surface area contributed by atoms with Gasteiger partial charge < -0.3 is 14.3 Å². The Balaban J connectivity index is 2.48. The fourth-order valence-electron chi connectivity index (χ4n) is 2.70. The van der Waals surface area contributed by atoms with Gasteiger partial charge in [-0.15, -0.1) is 0 Å². The maximum absolute atomic E-state index is 13.1. The zero-order valence-corrected chi connectivity index (χ0v) is 20.3. The highest BCUT2D eigenvalue weighted by Crippen LogP contribution is 2.37. The van der Waals surface area contributed by atoms with Gasteiger partial charge >= 0.3 is 11.7 Å². The van der Waals surface area contributed by atoms with Crippen LogP contribution in [0.2, 0.25) is 23.2 Å². The minimum Gasteiger partial charge on any atom is -0.478 e. The number of carbonyl (C=O) groups is 1. The summed E-state index contributed by atoms with van der Waals surface area (Å²) < 4.78 is 13.6. The molecule has 2 aromatic rings. The van der Waals surface area contributed by atoms with Crippen molar-refractivity contribution in [1.82, 2.24) is 14.3 Å². The van der Waals surface area contributed by atoms with E-state index in [1.165, 1.54) is 25.3 Å². The van der Waals surface area contributed by atoms with E-state index in [9.17, 15) is 19.5 Å². The molecule has 0 bridgehead atoms. The van der Waals surface area contributed by atoms with Gasteiger partial charge in [0.2, 0.25) is 0 Å². The van der Waals surface area contributed by atoms with Crippen LogP contribution in [0.25, 0.3) is 5.69 Å². The average Bonchev–Trinajstić information content (AvgIpc) is 2.64. The van der Waals surface area contributed by atoms with Crippen LogP contribution in [0.15, 0.2) is 34.0 Å². The molecular formula is C20H28ClN3O6Si. The maximum Gasteiger partial charge on any atom is 0.352 e. The summed E-state index contributed by atoms with van der Waals surface area (Å²) >= 11 is 5.91. The zero-order chi connectivity index (χ0) is 23.6. The van der Waals surface area contributed by atoms with Crippen LogP contribution >= 0.6 is 11.6 Å². The molecule has 1 atom stereocenters. The van der Waals surface area contributed by atoms with Gasteiger partial charge in [-0.25, -0.2) is 9.59 Å². The number of nitrogens with zero attached hydrogens (tertiary/aromatic N) is 3. The van der Waals surface area contributed by atoms with E-state index < -0.39 is 31.6 Å². The summed E-state index contributed by atoms with van der Waals surface area (Å²) in [6, 6.07) is 4.04. The third-order valence-corrected chi connectivity index (χ3v) is 10.3. The lowest BCUT2D eigenvalue weighted by Gasteiger charge is -2.39. The molecule has 1 heterocycles. The Morgan fingerprint density at radius 1 is 1.29 bits per heavy atom. The number of carboxylic acids is 1. The molecule has 1 N–H and O–H groups in total. The van der Waals surface area contributed by atoms with Crippen molar-refractivity contribution in [2.45, 2.75) is 51.6 Å². The van der Waals surface area contributed by atoms with Gasteiger partial charge in [0.05, 0.1) is 35.5 Å². The fourth-order valence-corrected chi connectivity index (χ4v) is 4.22. The molecular weight excluding hydrogens is 442 g/mol. The number of ether oxygens (including phenoxy) is 1. The first-order valence-electron chi connectivity index (χ1n) is 9.67. The number of aromatic nitrogens is 3. The van der Waals surface area contributed by atoms with Crippen LogP contribution in [0.5, 0.6) is 0 Å². The molecule has 2 rings (SSSR count). The van der Waals surface area contributed by atoms with Crippen molar-refractivity contribution in [3.8, 4) is 5.69 Å². The summed E-state index contributed by atoms with van der Waals surface area (Å²) in [5, 5.41) is 13.1. The monoisotopic (exact) mass is 469 g/mol. The Labute approximate surface area is 186 Å². The second kappa shape index (κ2) is 9.47. The molecule has 0 spiro atoms. The van der Waals surface area contributed by atoms with Gasteiger partial charge in [0.1, 0.15) is 6.20 Å². The Bertz CT molecular complexity index is 1070. The van der Waals surface area contributed by atoms with Gasteiger partial charge in [0, 0.05) is 7.11 Å². The van der Waals surface area contributed by atoms with E-state index in [4.69, 9.17) is 20.8 Å². The molecule has 0 aliphatic carbocycles. The molecule has 31 heavy (non-hydrogen) atoms. The van der Waals surface area contributed by atoms with E-state index in [-0.39, 0.29) is 34.5 Å². The summed E-state index contributed by atoms with van der Waals surface area (Å²) in [4.78, 5) is 36.9. The number of carboxylic acid groups (broad SMARTS) is 1. The molecule has 0 radical (unpaired) electrons. The molecule has 0 aliphatic heterocycles. The van der Waals surface area contributed by atoms with Crippen LogP contribution < -0.4 is 11.2 Å². The molecule has 0 aliphatic rings. The highest BCUT2D eigenvalue weighted by molar-refractivity contribution is 6.74. The maximum atomic E-state index is 13.1. The van der Waals surface area contributed by atoms with Crippen molar-refractivity contribution in [3.63, 3.8) is 0 Å². The predicted octanol–water partition coefficient (Wildman–Crippen LogP) is 2.78. The summed E-state index contributed by atoms with van der Waals surface area (Å²) in [6.07, 6.45) is 0.485. The van der Waals surface area contributed by atoms with Gasteiger partial charge in [-0.3, -0.25) is 9.36 Å². The van der Waals surface area contributed by atoms with Crippen molar-refractivity contribution < 1.29 is 19.1 Å². The Morgan fingerprint density at radius 2 is 1.94 bits per heavy atom. The van der Waals surface area contributed by atoms with E-state index in [2.05, 4.69) is 39.0 Å². The Hall–Kier alpha value is -2.27. The standard InChI is InChI=1S/C20H28ClN3O6Si/c1-20(2,3)31(5,6)30-14(12-29-4)11-23-17(25)10-22-24(19(23)28)13-7-8-16(21)15(9-13)18(26)27/h7-10,14H,11-12H2,1-6H3,(H,26,27)/t14-/m1/s1. The molecule has 11 heteroatoms. The highest BCUT2D eigenvalue weighted by Gasteiger charge is 2.39. The third kappa shape index (κ3) is 5.70. The minimum atomic E-state index is -2.20. The van der Waals surface area contributed by atoms with Gasteiger partial charge in [-0.05, 0) is 36.3 Å². The number of rotatable bonds is 8. The zero-order valence-electron chi connectivity index (χ0n) is 18.5. The van der Waals surface area contributed by atoms with E-state index in [1.807, 2.05) is 0 Å². The normalized spacial score (nSPS) is 13.3. The second-order valence-electron chi connectivity index (χ2n) is 8.71. The van der Waals surface area contributed by atoms with Crippen LogP contribution in [0, 0.1) is 0 Å². The predicted molar refractivity (Wildman–Crippen MR) is 120 cm³/mol. The number of halogens is 1. The van der Waals surface area contributed by atoms with E-state index in [0.717, 1.165) is 15.4 Å². The molecule has 0 amide bonds. The quantitative estimate of drug-likeness (QED) is 0.591. The summed E-state index contributed by atoms with van der Waals surface area (Å²) in [5.74, 6) is -1.24. The average molecular weight is 470 g/mol. The van der Waals surface area contributed by atoms with Gasteiger partial charge in [-0.1, -0.05) is 32.4 Å². The molecule has 0 saturated heterocycles. The molecule has 1 aromatic heterocycles. The number of methoxy groups -OCH3 is 1. The van der Waals surface area contributed by atoms with Crippen LogP contribution in [0.4, 0.5) is 0 Å². The topological polar surface area (TPSA) is 113 Å². The first-order valence-corrected chi connectivity index (χ1v) is 13.0. The van der Waals surface area contributed by atoms with E-state index in [0.29, 0.717) is 0 Å². The number of benzene rings is 1. The van der Waals surface area contributed by atoms with E-state index in [1.54, 1.807) is 0 Å². The van der Waals surface area contributed by atoms with Crippen molar-refractivity contribution in [3.05, 3.63) is 55.8 Å². The van der Waals surface area contributed by atoms with Crippen molar-refractivity contribution in [2.24, 2.45) is 0 Å². The molecule has 0 fully saturated rings. The Kier molecular flexibility index (Phi) is 7.64. The molecule has 170 valence electrons. The fraction of sp³-hybridized carbons (Fsp3) is 0.500. The second-order valence-corrected chi connectivity index (χ2v) is 13.9. The van der Waals surface area contributed by atoms with E-state index >= 15 is 0 Å². The molecule has 1 aromatic carbocycles.